The molecule has 2 aliphatic heterocycles. The molecule has 3 nitrogen and oxygen atoms in total. The first-order valence-electron chi connectivity index (χ1n) is 6.99. The second-order valence-electron chi connectivity index (χ2n) is 5.39. The topological polar surface area (TPSA) is 18.5 Å². The van der Waals surface area contributed by atoms with Crippen molar-refractivity contribution < 1.29 is 0 Å². The summed E-state index contributed by atoms with van der Waals surface area (Å²) >= 11 is 0. The molecule has 2 unspecified atom stereocenters. The lowest BCUT2D eigenvalue weighted by Gasteiger charge is -2.30. The van der Waals surface area contributed by atoms with Crippen LogP contribution in [0, 0.1) is 0 Å². The maximum Gasteiger partial charge on any atom is 0.0223 e. The predicted octanol–water partition coefficient (Wildman–Crippen LogP) is 1.15. The van der Waals surface area contributed by atoms with Crippen molar-refractivity contribution >= 4 is 0 Å². The van der Waals surface area contributed by atoms with Crippen molar-refractivity contribution in [2.75, 3.05) is 39.3 Å². The molecular formula is C13H27N3. The third-order valence-electron chi connectivity index (χ3n) is 4.05. The van der Waals surface area contributed by atoms with Crippen LogP contribution in [0.25, 0.3) is 0 Å². The van der Waals surface area contributed by atoms with E-state index in [0.717, 1.165) is 6.04 Å². The van der Waals surface area contributed by atoms with Gasteiger partial charge in [0.25, 0.3) is 0 Å². The molecule has 0 radical (unpaired) electrons. The van der Waals surface area contributed by atoms with Gasteiger partial charge in [-0.2, -0.15) is 0 Å². The first kappa shape index (κ1) is 12.3. The highest BCUT2D eigenvalue weighted by Gasteiger charge is 2.26. The normalized spacial score (nSPS) is 34.1. The van der Waals surface area contributed by atoms with Crippen molar-refractivity contribution in [3.63, 3.8) is 0 Å². The summed E-state index contributed by atoms with van der Waals surface area (Å²) < 4.78 is 0. The minimum Gasteiger partial charge on any atom is -0.313 e. The number of likely N-dealkylation sites (N-methyl/N-ethyl adjacent to an activating group) is 1. The van der Waals surface area contributed by atoms with Crippen LogP contribution >= 0.6 is 0 Å². The van der Waals surface area contributed by atoms with Crippen LogP contribution in [0.4, 0.5) is 0 Å². The van der Waals surface area contributed by atoms with Gasteiger partial charge in [-0.05, 0) is 52.4 Å². The molecule has 0 aliphatic carbocycles. The molecule has 2 atom stereocenters. The first-order valence-corrected chi connectivity index (χ1v) is 6.99. The van der Waals surface area contributed by atoms with Gasteiger partial charge in [-0.1, -0.05) is 6.92 Å². The molecule has 0 saturated carbocycles. The molecule has 2 saturated heterocycles. The van der Waals surface area contributed by atoms with Crippen molar-refractivity contribution in [3.05, 3.63) is 0 Å². The van der Waals surface area contributed by atoms with Gasteiger partial charge < -0.3 is 10.2 Å². The molecule has 2 aliphatic rings. The van der Waals surface area contributed by atoms with Crippen molar-refractivity contribution in [2.45, 2.75) is 45.2 Å². The van der Waals surface area contributed by atoms with E-state index in [1.807, 2.05) is 0 Å². The lowest BCUT2D eigenvalue weighted by molar-refractivity contribution is 0.176. The lowest BCUT2D eigenvalue weighted by atomic mass is 10.2. The molecule has 2 fully saturated rings. The smallest absolute Gasteiger partial charge is 0.0223 e. The average Bonchev–Trinajstić information content (AvgIpc) is 2.61. The summed E-state index contributed by atoms with van der Waals surface area (Å²) in [5.74, 6) is 0. The van der Waals surface area contributed by atoms with Gasteiger partial charge in [0.05, 0.1) is 0 Å². The first-order chi connectivity index (χ1) is 7.79. The molecule has 3 heteroatoms. The number of hydrogen-bond donors (Lipinski definition) is 1. The summed E-state index contributed by atoms with van der Waals surface area (Å²) in [4.78, 5) is 5.33. The van der Waals surface area contributed by atoms with E-state index in [-0.39, 0.29) is 0 Å². The van der Waals surface area contributed by atoms with Crippen LogP contribution in [0.15, 0.2) is 0 Å². The minimum absolute atomic E-state index is 0.666. The van der Waals surface area contributed by atoms with Gasteiger partial charge in [0, 0.05) is 25.2 Å². The van der Waals surface area contributed by atoms with Crippen LogP contribution in [0.2, 0.25) is 0 Å². The molecule has 0 bridgehead atoms. The van der Waals surface area contributed by atoms with E-state index in [4.69, 9.17) is 0 Å². The van der Waals surface area contributed by atoms with Gasteiger partial charge >= 0.3 is 0 Å². The van der Waals surface area contributed by atoms with Gasteiger partial charge in [0.1, 0.15) is 0 Å². The number of rotatable bonds is 3. The van der Waals surface area contributed by atoms with Crippen LogP contribution in [0.5, 0.6) is 0 Å². The van der Waals surface area contributed by atoms with Crippen molar-refractivity contribution in [1.29, 1.82) is 0 Å². The maximum absolute atomic E-state index is 3.57. The Bertz CT molecular complexity index is 207. The van der Waals surface area contributed by atoms with E-state index in [1.165, 1.54) is 58.5 Å². The Morgan fingerprint density at radius 3 is 2.94 bits per heavy atom. The van der Waals surface area contributed by atoms with Crippen molar-refractivity contribution in [3.8, 4) is 0 Å². The van der Waals surface area contributed by atoms with E-state index in [1.54, 1.807) is 0 Å². The Morgan fingerprint density at radius 1 is 1.25 bits per heavy atom. The molecule has 0 amide bonds. The molecule has 1 N–H and O–H groups in total. The van der Waals surface area contributed by atoms with E-state index in [2.05, 4.69) is 29.0 Å². The predicted molar refractivity (Wildman–Crippen MR) is 68.8 cm³/mol. The number of nitrogens with zero attached hydrogens (tertiary/aromatic N) is 2. The zero-order chi connectivity index (χ0) is 11.4. The third kappa shape index (κ3) is 3.19. The second-order valence-corrected chi connectivity index (χ2v) is 5.39. The lowest BCUT2D eigenvalue weighted by Crippen LogP contribution is -2.43. The van der Waals surface area contributed by atoms with Gasteiger partial charge in [-0.3, -0.25) is 4.90 Å². The van der Waals surface area contributed by atoms with Crippen molar-refractivity contribution in [2.24, 2.45) is 0 Å². The Kier molecular flexibility index (Phi) is 4.62. The van der Waals surface area contributed by atoms with Gasteiger partial charge in [-0.25, -0.2) is 0 Å². The van der Waals surface area contributed by atoms with Crippen LogP contribution in [-0.2, 0) is 0 Å². The Labute approximate surface area is 100 Å². The van der Waals surface area contributed by atoms with Crippen LogP contribution in [-0.4, -0.2) is 61.2 Å². The number of nitrogens with one attached hydrogen (secondary N) is 1. The van der Waals surface area contributed by atoms with E-state index < -0.39 is 0 Å². The Hall–Kier alpha value is -0.120. The van der Waals surface area contributed by atoms with Gasteiger partial charge in [0.2, 0.25) is 0 Å². The molecule has 0 aromatic rings. The summed E-state index contributed by atoms with van der Waals surface area (Å²) in [6.07, 6.45) is 4.12. The fourth-order valence-corrected chi connectivity index (χ4v) is 3.18. The number of hydrogen-bond acceptors (Lipinski definition) is 3. The standard InChI is InChI=1S/C13H27N3/c1-3-16-9-4-6-13(16)11-15-8-5-7-14-12(2)10-15/h12-14H,3-11H2,1-2H3. The molecule has 16 heavy (non-hydrogen) atoms. The van der Waals surface area contributed by atoms with Crippen molar-refractivity contribution in [1.82, 2.24) is 15.1 Å². The molecule has 0 spiro atoms. The van der Waals surface area contributed by atoms with Gasteiger partial charge in [0.15, 0.2) is 0 Å². The zero-order valence-electron chi connectivity index (χ0n) is 10.9. The monoisotopic (exact) mass is 225 g/mol. The highest BCUT2D eigenvalue weighted by molar-refractivity contribution is 4.83. The highest BCUT2D eigenvalue weighted by atomic mass is 15.2. The second kappa shape index (κ2) is 5.99. The summed E-state index contributed by atoms with van der Waals surface area (Å²) in [5.41, 5.74) is 0. The molecule has 2 rings (SSSR count). The zero-order valence-corrected chi connectivity index (χ0v) is 10.9. The van der Waals surface area contributed by atoms with E-state index in [9.17, 15) is 0 Å². The SMILES string of the molecule is CCN1CCCC1CN1CCCNC(C)C1. The molecule has 2 heterocycles. The Balaban J connectivity index is 1.82. The molecular weight excluding hydrogens is 198 g/mol. The minimum atomic E-state index is 0.666. The van der Waals surface area contributed by atoms with E-state index >= 15 is 0 Å². The van der Waals surface area contributed by atoms with E-state index in [0.29, 0.717) is 6.04 Å². The highest BCUT2D eigenvalue weighted by Crippen LogP contribution is 2.18. The van der Waals surface area contributed by atoms with Gasteiger partial charge in [-0.15, -0.1) is 0 Å². The summed E-state index contributed by atoms with van der Waals surface area (Å²) in [5, 5.41) is 3.57. The summed E-state index contributed by atoms with van der Waals surface area (Å²) in [7, 11) is 0. The number of likely N-dealkylation sites (tertiary alicyclic amines) is 1. The maximum atomic E-state index is 3.57. The molecule has 0 aromatic carbocycles. The summed E-state index contributed by atoms with van der Waals surface area (Å²) in [6.45, 7) is 12.2. The summed E-state index contributed by atoms with van der Waals surface area (Å²) in [6, 6.07) is 1.49. The fourth-order valence-electron chi connectivity index (χ4n) is 3.18. The van der Waals surface area contributed by atoms with Crippen LogP contribution < -0.4 is 5.32 Å². The van der Waals surface area contributed by atoms with Crippen LogP contribution in [0.3, 0.4) is 0 Å². The Morgan fingerprint density at radius 2 is 2.12 bits per heavy atom. The fraction of sp³-hybridized carbons (Fsp3) is 1.00. The largest absolute Gasteiger partial charge is 0.313 e. The van der Waals surface area contributed by atoms with Crippen LogP contribution in [0.1, 0.15) is 33.1 Å². The average molecular weight is 225 g/mol. The molecule has 0 aromatic heterocycles. The molecule has 94 valence electrons. The third-order valence-corrected chi connectivity index (χ3v) is 4.05. The quantitative estimate of drug-likeness (QED) is 0.777.